The van der Waals surface area contributed by atoms with Gasteiger partial charge in [0.25, 0.3) is 0 Å². The molecule has 0 aliphatic carbocycles. The molecular formula is C14H12BrClFN. The average molecular weight is 329 g/mol. The Hall–Kier alpha value is -1.06. The van der Waals surface area contributed by atoms with E-state index >= 15 is 0 Å². The second kappa shape index (κ2) is 5.72. The van der Waals surface area contributed by atoms with Gasteiger partial charge in [0.1, 0.15) is 5.82 Å². The summed E-state index contributed by atoms with van der Waals surface area (Å²) in [5.74, 6) is -0.285. The molecule has 0 aromatic heterocycles. The van der Waals surface area contributed by atoms with E-state index in [1.165, 1.54) is 6.07 Å². The monoisotopic (exact) mass is 327 g/mol. The molecule has 0 saturated carbocycles. The molecule has 0 amide bonds. The maximum absolute atomic E-state index is 13.6. The summed E-state index contributed by atoms with van der Waals surface area (Å²) in [5.41, 5.74) is 2.53. The predicted octanol–water partition coefficient (Wildman–Crippen LogP) is 5.16. The highest BCUT2D eigenvalue weighted by Gasteiger charge is 2.04. The van der Waals surface area contributed by atoms with Gasteiger partial charge in [-0.25, -0.2) is 4.39 Å². The molecule has 2 aromatic carbocycles. The molecule has 0 bridgehead atoms. The molecule has 1 nitrogen and oxygen atoms in total. The molecule has 0 radical (unpaired) electrons. The topological polar surface area (TPSA) is 12.0 Å². The van der Waals surface area contributed by atoms with Crippen molar-refractivity contribution in [2.24, 2.45) is 0 Å². The Morgan fingerprint density at radius 3 is 2.67 bits per heavy atom. The molecule has 4 heteroatoms. The van der Waals surface area contributed by atoms with Crippen molar-refractivity contribution in [3.05, 3.63) is 62.8 Å². The number of aryl methyl sites for hydroxylation is 1. The van der Waals surface area contributed by atoms with Crippen molar-refractivity contribution in [1.29, 1.82) is 0 Å². The average Bonchev–Trinajstić information content (AvgIpc) is 2.30. The van der Waals surface area contributed by atoms with Gasteiger partial charge in [0.05, 0.1) is 5.69 Å². The molecule has 0 saturated heterocycles. The third-order valence-electron chi connectivity index (χ3n) is 2.61. The van der Waals surface area contributed by atoms with E-state index in [0.717, 1.165) is 15.6 Å². The Kier molecular flexibility index (Phi) is 4.25. The summed E-state index contributed by atoms with van der Waals surface area (Å²) in [6.45, 7) is 2.48. The van der Waals surface area contributed by atoms with Crippen molar-refractivity contribution in [3.63, 3.8) is 0 Å². The van der Waals surface area contributed by atoms with Crippen LogP contribution < -0.4 is 5.32 Å². The highest BCUT2D eigenvalue weighted by Crippen LogP contribution is 2.22. The van der Waals surface area contributed by atoms with Crippen molar-refractivity contribution in [2.45, 2.75) is 13.5 Å². The van der Waals surface area contributed by atoms with Crippen molar-refractivity contribution in [3.8, 4) is 0 Å². The highest BCUT2D eigenvalue weighted by atomic mass is 79.9. The summed E-state index contributed by atoms with van der Waals surface area (Å²) in [7, 11) is 0. The first-order valence-electron chi connectivity index (χ1n) is 5.50. The van der Waals surface area contributed by atoms with Crippen LogP contribution in [0.1, 0.15) is 11.1 Å². The van der Waals surface area contributed by atoms with Crippen LogP contribution in [0.25, 0.3) is 0 Å². The Bertz CT molecular complexity index is 520. The lowest BCUT2D eigenvalue weighted by atomic mass is 10.1. The first kappa shape index (κ1) is 13.4. The molecule has 1 N–H and O–H groups in total. The zero-order valence-corrected chi connectivity index (χ0v) is 12.1. The van der Waals surface area contributed by atoms with E-state index in [1.54, 1.807) is 12.1 Å². The number of hydrogen-bond donors (Lipinski definition) is 1. The van der Waals surface area contributed by atoms with Crippen molar-refractivity contribution >= 4 is 33.2 Å². The van der Waals surface area contributed by atoms with Gasteiger partial charge in [0.15, 0.2) is 0 Å². The van der Waals surface area contributed by atoms with E-state index in [4.69, 9.17) is 11.6 Å². The number of anilines is 1. The lowest BCUT2D eigenvalue weighted by Gasteiger charge is -2.09. The molecule has 0 aliphatic rings. The van der Waals surface area contributed by atoms with Gasteiger partial charge in [-0.05, 0) is 42.3 Å². The molecule has 0 atom stereocenters. The first-order chi connectivity index (χ1) is 8.56. The molecule has 2 aromatic rings. The molecule has 2 rings (SSSR count). The van der Waals surface area contributed by atoms with E-state index in [-0.39, 0.29) is 5.82 Å². The number of hydrogen-bond acceptors (Lipinski definition) is 1. The summed E-state index contributed by atoms with van der Waals surface area (Å²) in [6, 6.07) is 10.8. The van der Waals surface area contributed by atoms with Gasteiger partial charge < -0.3 is 5.32 Å². The zero-order valence-electron chi connectivity index (χ0n) is 9.81. The number of rotatable bonds is 3. The highest BCUT2D eigenvalue weighted by molar-refractivity contribution is 9.10. The third-order valence-corrected chi connectivity index (χ3v) is 3.45. The number of nitrogens with one attached hydrogen (secondary N) is 1. The molecule has 18 heavy (non-hydrogen) atoms. The van der Waals surface area contributed by atoms with Crippen molar-refractivity contribution < 1.29 is 4.39 Å². The second-order valence-corrected chi connectivity index (χ2v) is 5.40. The van der Waals surface area contributed by atoms with Crippen LogP contribution in [0.3, 0.4) is 0 Å². The molecule has 94 valence electrons. The molecule has 0 heterocycles. The lowest BCUT2D eigenvalue weighted by Crippen LogP contribution is -2.02. The van der Waals surface area contributed by atoms with Crippen molar-refractivity contribution in [1.82, 2.24) is 0 Å². The summed E-state index contributed by atoms with van der Waals surface area (Å²) in [6.07, 6.45) is 0. The standard InChI is InChI=1S/C14H12BrClFN/c1-9-2-3-10(12(16)6-9)8-18-14-5-4-11(15)7-13(14)17/h2-7,18H,8H2,1H3. The largest absolute Gasteiger partial charge is 0.379 e. The molecule has 0 spiro atoms. The third kappa shape index (κ3) is 3.24. The Labute approximate surface area is 119 Å². The Morgan fingerprint density at radius 2 is 2.00 bits per heavy atom. The van der Waals surface area contributed by atoms with Crippen LogP contribution in [0.4, 0.5) is 10.1 Å². The normalized spacial score (nSPS) is 10.4. The van der Waals surface area contributed by atoms with Crippen LogP contribution in [0.15, 0.2) is 40.9 Å². The van der Waals surface area contributed by atoms with Crippen molar-refractivity contribution in [2.75, 3.05) is 5.32 Å². The minimum Gasteiger partial charge on any atom is -0.379 e. The van der Waals surface area contributed by atoms with Gasteiger partial charge in [-0.1, -0.05) is 39.7 Å². The smallest absolute Gasteiger partial charge is 0.147 e. The fourth-order valence-corrected chi connectivity index (χ4v) is 2.25. The second-order valence-electron chi connectivity index (χ2n) is 4.07. The quantitative estimate of drug-likeness (QED) is 0.820. The minimum atomic E-state index is -0.285. The minimum absolute atomic E-state index is 0.285. The Balaban J connectivity index is 2.11. The van der Waals surface area contributed by atoms with Crippen LogP contribution in [0, 0.1) is 12.7 Å². The lowest BCUT2D eigenvalue weighted by molar-refractivity contribution is 0.629. The molecule has 0 unspecified atom stereocenters. The summed E-state index contributed by atoms with van der Waals surface area (Å²) in [4.78, 5) is 0. The van der Waals surface area contributed by atoms with Crippen LogP contribution in [-0.4, -0.2) is 0 Å². The van der Waals surface area contributed by atoms with Crippen LogP contribution in [-0.2, 0) is 6.54 Å². The fourth-order valence-electron chi connectivity index (χ4n) is 1.62. The summed E-state index contributed by atoms with van der Waals surface area (Å²) >= 11 is 9.34. The maximum atomic E-state index is 13.6. The zero-order chi connectivity index (χ0) is 13.1. The van der Waals surface area contributed by atoms with E-state index < -0.39 is 0 Å². The van der Waals surface area contributed by atoms with Crippen LogP contribution in [0.2, 0.25) is 5.02 Å². The predicted molar refractivity (Wildman–Crippen MR) is 77.6 cm³/mol. The fraction of sp³-hybridized carbons (Fsp3) is 0.143. The van der Waals surface area contributed by atoms with E-state index in [0.29, 0.717) is 17.3 Å². The number of halogens is 3. The van der Waals surface area contributed by atoms with E-state index in [9.17, 15) is 4.39 Å². The summed E-state index contributed by atoms with van der Waals surface area (Å²) < 4.78 is 14.3. The Morgan fingerprint density at radius 1 is 1.22 bits per heavy atom. The van der Waals surface area contributed by atoms with Crippen LogP contribution in [0.5, 0.6) is 0 Å². The number of benzene rings is 2. The van der Waals surface area contributed by atoms with Gasteiger partial charge in [-0.3, -0.25) is 0 Å². The molecular weight excluding hydrogens is 317 g/mol. The van der Waals surface area contributed by atoms with E-state index in [2.05, 4.69) is 21.2 Å². The van der Waals surface area contributed by atoms with Gasteiger partial charge in [0, 0.05) is 16.0 Å². The summed E-state index contributed by atoms with van der Waals surface area (Å²) in [5, 5.41) is 3.73. The van der Waals surface area contributed by atoms with Gasteiger partial charge in [0.2, 0.25) is 0 Å². The maximum Gasteiger partial charge on any atom is 0.147 e. The SMILES string of the molecule is Cc1ccc(CNc2ccc(Br)cc2F)c(Cl)c1. The van der Waals surface area contributed by atoms with E-state index in [1.807, 2.05) is 25.1 Å². The van der Waals surface area contributed by atoms with Gasteiger partial charge in [-0.2, -0.15) is 0 Å². The van der Waals surface area contributed by atoms with Crippen LogP contribution >= 0.6 is 27.5 Å². The molecule has 0 aliphatic heterocycles. The first-order valence-corrected chi connectivity index (χ1v) is 6.67. The van der Waals surface area contributed by atoms with Gasteiger partial charge in [-0.15, -0.1) is 0 Å². The molecule has 0 fully saturated rings. The van der Waals surface area contributed by atoms with Gasteiger partial charge >= 0.3 is 0 Å².